The first-order chi connectivity index (χ1) is 21.3. The van der Waals surface area contributed by atoms with Crippen molar-refractivity contribution in [3.63, 3.8) is 0 Å². The Labute approximate surface area is 255 Å². The van der Waals surface area contributed by atoms with Crippen molar-refractivity contribution in [3.05, 3.63) is 179 Å². The smallest absolute Gasteiger partial charge is 0.136 e. The van der Waals surface area contributed by atoms with Crippen molar-refractivity contribution in [2.75, 3.05) is 0 Å². The van der Waals surface area contributed by atoms with Gasteiger partial charge in [-0.05, 0) is 40.8 Å². The molecule has 0 N–H and O–H groups in total. The van der Waals surface area contributed by atoms with Crippen LogP contribution in [0.25, 0.3) is 27.3 Å². The molecule has 1 unspecified atom stereocenters. The van der Waals surface area contributed by atoms with Gasteiger partial charge in [-0.1, -0.05) is 127 Å². The lowest BCUT2D eigenvalue weighted by Gasteiger charge is -2.40. The van der Waals surface area contributed by atoms with Crippen molar-refractivity contribution in [1.82, 2.24) is 4.98 Å². The van der Waals surface area contributed by atoms with Crippen LogP contribution in [0, 0.1) is 0 Å². The molecular formula is C40H27NOS. The van der Waals surface area contributed by atoms with Gasteiger partial charge in [0.05, 0.1) is 11.1 Å². The van der Waals surface area contributed by atoms with E-state index in [9.17, 15) is 0 Å². The van der Waals surface area contributed by atoms with E-state index >= 15 is 0 Å². The van der Waals surface area contributed by atoms with E-state index in [0.717, 1.165) is 29.2 Å². The van der Waals surface area contributed by atoms with E-state index in [1.54, 1.807) is 0 Å². The molecule has 2 nitrogen and oxygen atoms in total. The lowest BCUT2D eigenvalue weighted by atomic mass is 9.65. The van der Waals surface area contributed by atoms with E-state index in [2.05, 4.69) is 133 Å². The fraction of sp³-hybridized carbons (Fsp3) is 0.0750. The standard InChI is InChI=1S/C40H27NOS/c1-2-11-26(12-3-1)35-22-21-27(25-41-35)37-23-24-38(43-37)30-15-10-19-34-39(30)42-36-20-9-8-18-33(36)40(34)31-16-6-4-13-28(31)29-14-5-7-17-32(29)40/h1-23,25,38H,24H2. The zero-order chi connectivity index (χ0) is 28.4. The lowest BCUT2D eigenvalue weighted by Crippen LogP contribution is -2.32. The molecule has 3 heteroatoms. The van der Waals surface area contributed by atoms with Gasteiger partial charge in [-0.2, -0.15) is 0 Å². The minimum Gasteiger partial charge on any atom is -0.456 e. The molecule has 3 heterocycles. The minimum atomic E-state index is -0.426. The van der Waals surface area contributed by atoms with Crippen LogP contribution in [0.15, 0.2) is 146 Å². The molecule has 3 aliphatic rings. The molecule has 1 spiro atoms. The van der Waals surface area contributed by atoms with Gasteiger partial charge in [-0.15, -0.1) is 11.8 Å². The summed E-state index contributed by atoms with van der Waals surface area (Å²) in [4.78, 5) is 6.07. The highest BCUT2D eigenvalue weighted by atomic mass is 32.2. The van der Waals surface area contributed by atoms with Crippen LogP contribution in [-0.2, 0) is 5.41 Å². The number of allylic oxidation sites excluding steroid dienone is 1. The van der Waals surface area contributed by atoms with Gasteiger partial charge in [0.2, 0.25) is 0 Å². The number of hydrogen-bond donors (Lipinski definition) is 0. The summed E-state index contributed by atoms with van der Waals surface area (Å²) < 4.78 is 6.89. The molecule has 1 aromatic heterocycles. The highest BCUT2D eigenvalue weighted by molar-refractivity contribution is 8.08. The van der Waals surface area contributed by atoms with E-state index in [1.165, 1.54) is 49.4 Å². The normalized spacial score (nSPS) is 16.9. The van der Waals surface area contributed by atoms with Crippen molar-refractivity contribution in [2.24, 2.45) is 0 Å². The summed E-state index contributed by atoms with van der Waals surface area (Å²) in [5.41, 5.74) is 11.8. The Kier molecular flexibility index (Phi) is 5.51. The molecule has 9 rings (SSSR count). The molecular weight excluding hydrogens is 543 g/mol. The Balaban J connectivity index is 1.15. The lowest BCUT2D eigenvalue weighted by molar-refractivity contribution is 0.430. The summed E-state index contributed by atoms with van der Waals surface area (Å²) in [5.74, 6) is 1.93. The third-order valence-corrected chi connectivity index (χ3v) is 10.5. The first kappa shape index (κ1) is 24.7. The van der Waals surface area contributed by atoms with Crippen LogP contribution in [0.1, 0.15) is 45.1 Å². The zero-order valence-electron chi connectivity index (χ0n) is 23.4. The van der Waals surface area contributed by atoms with Crippen LogP contribution < -0.4 is 4.74 Å². The van der Waals surface area contributed by atoms with E-state index in [-0.39, 0.29) is 5.25 Å². The van der Waals surface area contributed by atoms with Gasteiger partial charge in [-0.25, -0.2) is 0 Å². The van der Waals surface area contributed by atoms with Crippen LogP contribution in [0.3, 0.4) is 0 Å². The number of aromatic nitrogens is 1. The summed E-state index contributed by atoms with van der Waals surface area (Å²) in [6.07, 6.45) is 5.32. The number of thioether (sulfide) groups is 1. The molecule has 0 bridgehead atoms. The van der Waals surface area contributed by atoms with Gasteiger partial charge >= 0.3 is 0 Å². The van der Waals surface area contributed by atoms with Gasteiger partial charge in [-0.3, -0.25) is 4.98 Å². The molecule has 2 aliphatic heterocycles. The summed E-state index contributed by atoms with van der Waals surface area (Å²) in [5, 5.41) is 0.257. The molecule has 1 atom stereocenters. The van der Waals surface area contributed by atoms with Crippen LogP contribution in [0.4, 0.5) is 0 Å². The van der Waals surface area contributed by atoms with Crippen LogP contribution in [-0.4, -0.2) is 4.98 Å². The fourth-order valence-corrected chi connectivity index (χ4v) is 8.57. The van der Waals surface area contributed by atoms with Crippen LogP contribution in [0.2, 0.25) is 0 Å². The molecule has 43 heavy (non-hydrogen) atoms. The molecule has 0 amide bonds. The van der Waals surface area contributed by atoms with Crippen molar-refractivity contribution in [1.29, 1.82) is 0 Å². The Hall–Kier alpha value is -4.86. The maximum absolute atomic E-state index is 6.89. The maximum Gasteiger partial charge on any atom is 0.136 e. The van der Waals surface area contributed by atoms with E-state index < -0.39 is 5.41 Å². The topological polar surface area (TPSA) is 22.1 Å². The Morgan fingerprint density at radius 2 is 1.28 bits per heavy atom. The number of rotatable bonds is 3. The second kappa shape index (κ2) is 9.58. The zero-order valence-corrected chi connectivity index (χ0v) is 24.2. The predicted octanol–water partition coefficient (Wildman–Crippen LogP) is 10.4. The monoisotopic (exact) mass is 569 g/mol. The van der Waals surface area contributed by atoms with Crippen LogP contribution >= 0.6 is 11.8 Å². The average molecular weight is 570 g/mol. The largest absolute Gasteiger partial charge is 0.456 e. The first-order valence-corrected chi connectivity index (χ1v) is 15.7. The number of benzene rings is 5. The molecule has 0 saturated carbocycles. The third-order valence-electron chi connectivity index (χ3n) is 9.16. The summed E-state index contributed by atoms with van der Waals surface area (Å²) in [6, 6.07) is 47.9. The van der Waals surface area contributed by atoms with Crippen LogP contribution in [0.5, 0.6) is 11.5 Å². The molecule has 0 fully saturated rings. The number of ether oxygens (including phenoxy) is 1. The molecule has 1 aliphatic carbocycles. The number of para-hydroxylation sites is 2. The molecule has 5 aromatic carbocycles. The Morgan fingerprint density at radius 1 is 0.605 bits per heavy atom. The van der Waals surface area contributed by atoms with Gasteiger partial charge in [0.25, 0.3) is 0 Å². The summed E-state index contributed by atoms with van der Waals surface area (Å²) >= 11 is 1.92. The first-order valence-electron chi connectivity index (χ1n) is 14.8. The summed E-state index contributed by atoms with van der Waals surface area (Å²) in [6.45, 7) is 0. The number of hydrogen-bond acceptors (Lipinski definition) is 3. The van der Waals surface area contributed by atoms with Gasteiger partial charge in [0.1, 0.15) is 11.5 Å². The van der Waals surface area contributed by atoms with E-state index in [4.69, 9.17) is 9.72 Å². The maximum atomic E-state index is 6.89. The SMILES string of the molecule is C1=C(c2ccc(-c3ccccc3)nc2)SC(c2cccc3c2Oc2ccccc2C32c3ccccc3-c3ccccc32)C1. The average Bonchev–Trinajstić information content (AvgIpc) is 3.68. The number of pyridine rings is 1. The number of nitrogens with zero attached hydrogens (tertiary/aromatic N) is 1. The second-order valence-corrected chi connectivity index (χ2v) is 12.6. The quantitative estimate of drug-likeness (QED) is 0.211. The van der Waals surface area contributed by atoms with Gasteiger partial charge in [0, 0.05) is 44.2 Å². The van der Waals surface area contributed by atoms with Gasteiger partial charge < -0.3 is 4.74 Å². The Morgan fingerprint density at radius 3 is 2.02 bits per heavy atom. The highest BCUT2D eigenvalue weighted by Gasteiger charge is 2.51. The fourth-order valence-electron chi connectivity index (χ4n) is 7.31. The molecule has 0 radical (unpaired) electrons. The highest BCUT2D eigenvalue weighted by Crippen LogP contribution is 2.63. The van der Waals surface area contributed by atoms with Crippen molar-refractivity contribution in [2.45, 2.75) is 17.1 Å². The van der Waals surface area contributed by atoms with E-state index in [0.29, 0.717) is 0 Å². The predicted molar refractivity (Wildman–Crippen MR) is 176 cm³/mol. The minimum absolute atomic E-state index is 0.257. The number of fused-ring (bicyclic) bond motifs is 9. The molecule has 6 aromatic rings. The third kappa shape index (κ3) is 3.58. The second-order valence-electron chi connectivity index (χ2n) is 11.4. The molecule has 0 saturated heterocycles. The van der Waals surface area contributed by atoms with Crippen molar-refractivity contribution >= 4 is 16.7 Å². The van der Waals surface area contributed by atoms with Crippen molar-refractivity contribution < 1.29 is 4.74 Å². The summed E-state index contributed by atoms with van der Waals surface area (Å²) in [7, 11) is 0. The van der Waals surface area contributed by atoms with Crippen molar-refractivity contribution in [3.8, 4) is 33.9 Å². The van der Waals surface area contributed by atoms with E-state index in [1.807, 2.05) is 24.0 Å². The Bertz CT molecular complexity index is 2020. The van der Waals surface area contributed by atoms with Gasteiger partial charge in [0.15, 0.2) is 0 Å². The molecule has 204 valence electrons.